The number of para-hydroxylation sites is 2. The number of rotatable bonds is 3. The number of hydrogen-bond donors (Lipinski definition) is 1. The van der Waals surface area contributed by atoms with E-state index in [1.807, 2.05) is 91.0 Å². The Morgan fingerprint density at radius 1 is 0.640 bits per heavy atom. The van der Waals surface area contributed by atoms with Crippen molar-refractivity contribution in [2.24, 2.45) is 15.0 Å². The molecule has 0 saturated heterocycles. The van der Waals surface area contributed by atoms with Crippen molar-refractivity contribution < 1.29 is 5.32 Å². The summed E-state index contributed by atoms with van der Waals surface area (Å²) in [4.78, 5) is 13.9. The average molecular weight is 324 g/mol. The molecule has 4 nitrogen and oxygen atoms in total. The molecule has 0 unspecified atom stereocenters. The van der Waals surface area contributed by atoms with Crippen molar-refractivity contribution in [2.75, 3.05) is 0 Å². The van der Waals surface area contributed by atoms with Crippen LogP contribution in [0, 0.1) is 0 Å². The molecule has 3 aromatic rings. The van der Waals surface area contributed by atoms with Crippen molar-refractivity contribution in [2.45, 2.75) is 0 Å². The van der Waals surface area contributed by atoms with Gasteiger partial charge in [0.1, 0.15) is 0 Å². The molecular weight excluding hydrogens is 308 g/mol. The first-order valence-electron chi connectivity index (χ1n) is 8.07. The Labute approximate surface area is 146 Å². The van der Waals surface area contributed by atoms with Crippen molar-refractivity contribution in [1.29, 1.82) is 0 Å². The van der Waals surface area contributed by atoms with E-state index >= 15 is 0 Å². The molecule has 0 fully saturated rings. The molecule has 0 atom stereocenters. The molecule has 0 saturated carbocycles. The minimum atomic E-state index is 0.578. The Morgan fingerprint density at radius 3 is 1.92 bits per heavy atom. The number of amidine groups is 3. The topological polar surface area (TPSA) is 52.7 Å². The van der Waals surface area contributed by atoms with Gasteiger partial charge in [-0.05, 0) is 12.1 Å². The van der Waals surface area contributed by atoms with Crippen molar-refractivity contribution in [3.8, 4) is 0 Å². The predicted octanol–water partition coefficient (Wildman–Crippen LogP) is 3.26. The monoisotopic (exact) mass is 324 g/mol. The fourth-order valence-electron chi connectivity index (χ4n) is 2.50. The van der Waals surface area contributed by atoms with Crippen LogP contribution in [0.15, 0.2) is 106 Å². The van der Waals surface area contributed by atoms with Gasteiger partial charge in [0.25, 0.3) is 0 Å². The molecule has 0 amide bonds. The maximum absolute atomic E-state index is 4.66. The molecule has 0 spiro atoms. The third-order valence-corrected chi connectivity index (χ3v) is 3.70. The second kappa shape index (κ2) is 7.03. The molecule has 1 heterocycles. The lowest BCUT2D eigenvalue weighted by Crippen LogP contribution is -2.83. The molecule has 4 heteroatoms. The number of benzene rings is 3. The van der Waals surface area contributed by atoms with Crippen LogP contribution < -0.4 is 5.32 Å². The van der Waals surface area contributed by atoms with Crippen LogP contribution in [-0.4, -0.2) is 17.5 Å². The lowest BCUT2D eigenvalue weighted by Gasteiger charge is -1.95. The first-order valence-corrected chi connectivity index (χ1v) is 8.07. The molecule has 1 aliphatic rings. The lowest BCUT2D eigenvalue weighted by atomic mass is 10.2. The van der Waals surface area contributed by atoms with E-state index in [2.05, 4.69) is 20.3 Å². The van der Waals surface area contributed by atoms with Gasteiger partial charge >= 0.3 is 5.84 Å². The molecular formula is C21H16N4+. The molecule has 1 radical (unpaired) electrons. The minimum absolute atomic E-state index is 0.578. The SMILES string of the molecule is c1ccc(N=C2N=C(c3ccccc3)N=C2[NH+]c2ccccc2)cc1. The highest BCUT2D eigenvalue weighted by molar-refractivity contribution is 6.45. The summed E-state index contributed by atoms with van der Waals surface area (Å²) in [6, 6.07) is 29.6. The van der Waals surface area contributed by atoms with Gasteiger partial charge in [0.05, 0.1) is 5.69 Å². The number of anilines is 1. The molecule has 1 N–H and O–H groups in total. The Balaban J connectivity index is 1.72. The van der Waals surface area contributed by atoms with Crippen LogP contribution in [0.1, 0.15) is 5.56 Å². The van der Waals surface area contributed by atoms with Gasteiger partial charge in [-0.2, -0.15) is 4.99 Å². The van der Waals surface area contributed by atoms with E-state index in [9.17, 15) is 0 Å². The molecule has 0 aromatic heterocycles. The largest absolute Gasteiger partial charge is 0.327 e. The maximum Gasteiger partial charge on any atom is 0.327 e. The Bertz CT molecular complexity index is 943. The smallest absolute Gasteiger partial charge is 0.222 e. The molecule has 119 valence electrons. The van der Waals surface area contributed by atoms with Crippen LogP contribution >= 0.6 is 0 Å². The Morgan fingerprint density at radius 2 is 1.24 bits per heavy atom. The van der Waals surface area contributed by atoms with E-state index in [0.29, 0.717) is 17.5 Å². The van der Waals surface area contributed by atoms with Crippen molar-refractivity contribution >= 4 is 28.9 Å². The summed E-state index contributed by atoms with van der Waals surface area (Å²) in [6.45, 7) is 0. The summed E-state index contributed by atoms with van der Waals surface area (Å²) in [5.74, 6) is 1.89. The Kier molecular flexibility index (Phi) is 4.27. The maximum atomic E-state index is 4.66. The summed E-state index contributed by atoms with van der Waals surface area (Å²) >= 11 is 0. The zero-order chi connectivity index (χ0) is 16.9. The quantitative estimate of drug-likeness (QED) is 0.769. The van der Waals surface area contributed by atoms with Gasteiger partial charge in [-0.1, -0.05) is 72.0 Å². The van der Waals surface area contributed by atoms with Gasteiger partial charge in [0.2, 0.25) is 5.84 Å². The lowest BCUT2D eigenvalue weighted by molar-refractivity contribution is -0.439. The van der Waals surface area contributed by atoms with Crippen molar-refractivity contribution in [3.63, 3.8) is 0 Å². The first kappa shape index (κ1) is 15.2. The molecule has 25 heavy (non-hydrogen) atoms. The van der Waals surface area contributed by atoms with E-state index in [0.717, 1.165) is 16.9 Å². The first-order chi connectivity index (χ1) is 12.4. The van der Waals surface area contributed by atoms with Gasteiger partial charge < -0.3 is 0 Å². The predicted molar refractivity (Wildman–Crippen MR) is 101 cm³/mol. The van der Waals surface area contributed by atoms with Gasteiger partial charge in [-0.25, -0.2) is 9.98 Å². The van der Waals surface area contributed by atoms with Crippen molar-refractivity contribution in [1.82, 2.24) is 0 Å². The highest BCUT2D eigenvalue weighted by Gasteiger charge is 2.26. The van der Waals surface area contributed by atoms with Crippen LogP contribution in [0.3, 0.4) is 0 Å². The second-order valence-corrected chi connectivity index (χ2v) is 5.52. The number of aliphatic imine (C=N–C) groups is 3. The number of hydrogen-bond acceptors (Lipinski definition) is 3. The fraction of sp³-hybridized carbons (Fsp3) is 0. The van der Waals surface area contributed by atoms with E-state index in [4.69, 9.17) is 0 Å². The fourth-order valence-corrected chi connectivity index (χ4v) is 2.50. The molecule has 1 aliphatic heterocycles. The number of nitrogens with zero attached hydrogens (tertiary/aromatic N) is 3. The zero-order valence-electron chi connectivity index (χ0n) is 13.5. The van der Waals surface area contributed by atoms with E-state index < -0.39 is 0 Å². The van der Waals surface area contributed by atoms with E-state index in [-0.39, 0.29) is 0 Å². The Hall–Kier alpha value is -3.37. The van der Waals surface area contributed by atoms with Gasteiger partial charge in [-0.15, -0.1) is 0 Å². The van der Waals surface area contributed by atoms with Crippen LogP contribution in [0.25, 0.3) is 0 Å². The standard InChI is InChI=1S/C21H16N4/c1-4-10-16(11-5-1)19-24-20(22-17-12-6-2-7-13-17)21(25-19)23-18-14-8-3-9-15-18/h1-15,22H/q+1. The minimum Gasteiger partial charge on any atom is -0.222 e. The third kappa shape index (κ3) is 3.59. The van der Waals surface area contributed by atoms with Gasteiger partial charge in [0.15, 0.2) is 11.5 Å². The molecule has 3 aromatic carbocycles. The van der Waals surface area contributed by atoms with Crippen LogP contribution in [-0.2, 0) is 0 Å². The van der Waals surface area contributed by atoms with Gasteiger partial charge in [-0.3, -0.25) is 0 Å². The van der Waals surface area contributed by atoms with E-state index in [1.54, 1.807) is 0 Å². The van der Waals surface area contributed by atoms with Crippen molar-refractivity contribution in [3.05, 3.63) is 96.6 Å². The average Bonchev–Trinajstić information content (AvgIpc) is 3.06. The van der Waals surface area contributed by atoms with Gasteiger partial charge in [0, 0.05) is 17.7 Å². The van der Waals surface area contributed by atoms with Crippen LogP contribution in [0.4, 0.5) is 11.4 Å². The zero-order valence-corrected chi connectivity index (χ0v) is 13.5. The van der Waals surface area contributed by atoms with Crippen LogP contribution in [0.2, 0.25) is 0 Å². The normalized spacial score (nSPS) is 15.1. The summed E-state index contributed by atoms with van der Waals surface area (Å²) < 4.78 is 0. The van der Waals surface area contributed by atoms with E-state index in [1.165, 1.54) is 0 Å². The second-order valence-electron chi connectivity index (χ2n) is 5.52. The molecule has 0 bridgehead atoms. The third-order valence-electron chi connectivity index (χ3n) is 3.70. The summed E-state index contributed by atoms with van der Waals surface area (Å²) in [5, 5.41) is 3.32. The molecule has 0 aliphatic carbocycles. The number of nitrogens with one attached hydrogen (secondary N) is 1. The highest BCUT2D eigenvalue weighted by Crippen LogP contribution is 2.14. The van der Waals surface area contributed by atoms with Crippen LogP contribution in [0.5, 0.6) is 0 Å². The summed E-state index contributed by atoms with van der Waals surface area (Å²) in [6.07, 6.45) is 0. The summed E-state index contributed by atoms with van der Waals surface area (Å²) in [7, 11) is 0. The molecule has 4 rings (SSSR count). The summed E-state index contributed by atoms with van der Waals surface area (Å²) in [5.41, 5.74) is 2.76. The highest BCUT2D eigenvalue weighted by atomic mass is 15.2.